The number of allylic oxidation sites excluding steroid dienone is 3. The van der Waals surface area contributed by atoms with Gasteiger partial charge in [0.15, 0.2) is 5.94 Å². The van der Waals surface area contributed by atoms with Crippen LogP contribution in [0.4, 0.5) is 0 Å². The summed E-state index contributed by atoms with van der Waals surface area (Å²) >= 11 is 0. The van der Waals surface area contributed by atoms with Crippen LogP contribution in [0.15, 0.2) is 35.2 Å². The first-order valence-electron chi connectivity index (χ1n) is 8.14. The number of hydrogen-bond acceptors (Lipinski definition) is 7. The molecule has 1 aromatic carbocycles. The second-order valence-corrected chi connectivity index (χ2v) is 5.69. The molecule has 0 fully saturated rings. The van der Waals surface area contributed by atoms with Gasteiger partial charge < -0.3 is 24.0 Å². The van der Waals surface area contributed by atoms with E-state index < -0.39 is 0 Å². The molecular weight excluding hydrogens is 449 g/mol. The zero-order chi connectivity index (χ0) is 21.3. The Morgan fingerprint density at radius 3 is 2.00 bits per heavy atom. The summed E-state index contributed by atoms with van der Waals surface area (Å²) < 4.78 is 10.5. The quantitative estimate of drug-likeness (QED) is 0.483. The summed E-state index contributed by atoms with van der Waals surface area (Å²) in [7, 11) is 4.77. The Bertz CT molecular complexity index is 896. The Morgan fingerprint density at radius 2 is 1.66 bits per heavy atom. The third kappa shape index (κ3) is 6.23. The van der Waals surface area contributed by atoms with E-state index in [0.717, 1.165) is 22.3 Å². The van der Waals surface area contributed by atoms with Gasteiger partial charge in [-0.15, -0.1) is 0 Å². The summed E-state index contributed by atoms with van der Waals surface area (Å²) in [6.07, 6.45) is 4.99. The number of nitrogens with zero attached hydrogens (tertiary/aromatic N) is 2. The van der Waals surface area contributed by atoms with Crippen molar-refractivity contribution in [1.29, 1.82) is 5.26 Å². The molecule has 0 N–H and O–H groups in total. The third-order valence-corrected chi connectivity index (χ3v) is 4.16. The fraction of sp³-hybridized carbons (Fsp3) is 0.286. The number of hydrogen-bond donors (Lipinski definition) is 0. The molecule has 1 aliphatic rings. The van der Waals surface area contributed by atoms with Gasteiger partial charge in [-0.2, -0.15) is 0 Å². The summed E-state index contributed by atoms with van der Waals surface area (Å²) in [5.41, 5.74) is 4.29. The molecule has 0 amide bonds. The van der Waals surface area contributed by atoms with E-state index in [9.17, 15) is 9.59 Å². The first kappa shape index (κ1) is 26.5. The smallest absolute Gasteiger partial charge is 0.151 e. The molecule has 7 nitrogen and oxygen atoms in total. The molecule has 0 unspecified atom stereocenters. The summed E-state index contributed by atoms with van der Waals surface area (Å²) in [6.45, 7) is 3.81. The Kier molecular flexibility index (Phi) is 11.7. The molecule has 0 bridgehead atoms. The number of ether oxygens (including phenoxy) is 2. The largest absolute Gasteiger partial charge is 0.553 e. The van der Waals surface area contributed by atoms with Crippen molar-refractivity contribution in [2.45, 2.75) is 20.3 Å². The van der Waals surface area contributed by atoms with Crippen molar-refractivity contribution in [3.05, 3.63) is 46.3 Å². The summed E-state index contributed by atoms with van der Waals surface area (Å²) in [5, 5.41) is 7.55. The zero-order valence-corrected chi connectivity index (χ0v) is 19.8. The average molecular weight is 469 g/mol. The number of benzene rings is 1. The molecule has 1 radical (unpaired) electrons. The summed E-state index contributed by atoms with van der Waals surface area (Å²) in [4.78, 5) is 33.0. The van der Waals surface area contributed by atoms with E-state index in [1.54, 1.807) is 30.1 Å². The van der Waals surface area contributed by atoms with Crippen molar-refractivity contribution in [3.63, 3.8) is 0 Å². The zero-order valence-electron chi connectivity index (χ0n) is 17.0. The second kappa shape index (κ2) is 12.8. The van der Waals surface area contributed by atoms with Crippen LogP contribution in [0.5, 0.6) is 11.5 Å². The van der Waals surface area contributed by atoms with E-state index in [1.165, 1.54) is 20.5 Å². The van der Waals surface area contributed by atoms with E-state index >= 15 is 0 Å². The van der Waals surface area contributed by atoms with E-state index in [4.69, 9.17) is 19.5 Å². The van der Waals surface area contributed by atoms with Gasteiger partial charge in [0, 0.05) is 63.5 Å². The summed E-state index contributed by atoms with van der Waals surface area (Å²) in [6, 6.07) is 5.11. The van der Waals surface area contributed by atoms with Crippen molar-refractivity contribution >= 4 is 24.1 Å². The fourth-order valence-corrected chi connectivity index (χ4v) is 2.64. The van der Waals surface area contributed by atoms with Crippen LogP contribution < -0.4 is 9.47 Å². The van der Waals surface area contributed by atoms with Gasteiger partial charge in [-0.25, -0.2) is 10.1 Å². The third-order valence-electron chi connectivity index (χ3n) is 4.16. The van der Waals surface area contributed by atoms with Crippen molar-refractivity contribution < 1.29 is 56.6 Å². The van der Waals surface area contributed by atoms with Gasteiger partial charge in [-0.1, -0.05) is 24.1 Å². The minimum absolute atomic E-state index is 0. The SMILES string of the molecule is COc1cc(C2=CN(C)C(=C=O)C(C)=C2C)cc(OC)c1[C-]=O.N#CC[C-]=O.[Y]. The Morgan fingerprint density at radius 1 is 1.10 bits per heavy atom. The molecule has 0 saturated carbocycles. The van der Waals surface area contributed by atoms with Crippen LogP contribution in [-0.4, -0.2) is 44.7 Å². The maximum absolute atomic E-state index is 11.1. The molecule has 149 valence electrons. The Hall–Kier alpha value is -2.52. The monoisotopic (exact) mass is 469 g/mol. The number of likely N-dealkylation sites (N-methyl/N-ethyl adjacent to an activating group) is 1. The minimum atomic E-state index is -0.111. The molecular formula is C21H20N2O5Y-2. The molecule has 1 heterocycles. The average Bonchev–Trinajstić information content (AvgIpc) is 2.71. The van der Waals surface area contributed by atoms with Crippen molar-refractivity contribution in [2.24, 2.45) is 0 Å². The second-order valence-electron chi connectivity index (χ2n) is 5.69. The van der Waals surface area contributed by atoms with Crippen LogP contribution in [0.3, 0.4) is 0 Å². The molecule has 0 aliphatic carbocycles. The van der Waals surface area contributed by atoms with Gasteiger partial charge in [0.05, 0.1) is 20.5 Å². The molecule has 0 aromatic heterocycles. The normalized spacial score (nSPS) is 12.3. The van der Waals surface area contributed by atoms with E-state index in [1.807, 2.05) is 32.3 Å². The fourth-order valence-electron chi connectivity index (χ4n) is 2.64. The molecule has 29 heavy (non-hydrogen) atoms. The van der Waals surface area contributed by atoms with Gasteiger partial charge in [0.1, 0.15) is 5.70 Å². The first-order valence-corrected chi connectivity index (χ1v) is 8.14. The summed E-state index contributed by atoms with van der Waals surface area (Å²) in [5.74, 6) is 2.74. The van der Waals surface area contributed by atoms with Crippen LogP contribution >= 0.6 is 0 Å². The van der Waals surface area contributed by atoms with Crippen LogP contribution in [-0.2, 0) is 47.1 Å². The first-order chi connectivity index (χ1) is 13.4. The maximum atomic E-state index is 11.1. The minimum Gasteiger partial charge on any atom is -0.553 e. The van der Waals surface area contributed by atoms with Crippen molar-refractivity contribution in [3.8, 4) is 17.6 Å². The van der Waals surface area contributed by atoms with E-state index in [2.05, 4.69) is 0 Å². The van der Waals surface area contributed by atoms with Crippen molar-refractivity contribution in [1.82, 2.24) is 4.90 Å². The molecule has 1 aromatic rings. The molecule has 1 aliphatic heterocycles. The van der Waals surface area contributed by atoms with Crippen molar-refractivity contribution in [2.75, 3.05) is 21.3 Å². The molecule has 0 saturated heterocycles. The molecule has 0 atom stereocenters. The van der Waals surface area contributed by atoms with Gasteiger partial charge in [0.2, 0.25) is 0 Å². The van der Waals surface area contributed by atoms with Crippen LogP contribution in [0, 0.1) is 11.3 Å². The molecule has 8 heteroatoms. The number of carbonyl (C=O) groups excluding carboxylic acids is 3. The number of nitriles is 1. The van der Waals surface area contributed by atoms with Crippen LogP contribution in [0.1, 0.15) is 31.4 Å². The van der Waals surface area contributed by atoms with E-state index in [-0.39, 0.29) is 44.7 Å². The van der Waals surface area contributed by atoms with E-state index in [0.29, 0.717) is 17.2 Å². The Balaban J connectivity index is 0.00000117. The number of methoxy groups -OCH3 is 2. The van der Waals surface area contributed by atoms with Gasteiger partial charge >= 0.3 is 0 Å². The molecule has 2 rings (SSSR count). The Labute approximate surface area is 195 Å². The maximum Gasteiger partial charge on any atom is 0.151 e. The topological polar surface area (TPSA) is 96.7 Å². The number of rotatable bonds is 5. The van der Waals surface area contributed by atoms with Crippen LogP contribution in [0.2, 0.25) is 0 Å². The van der Waals surface area contributed by atoms with Gasteiger partial charge in [-0.3, -0.25) is 6.29 Å². The standard InChI is InChI=1S/C18H18NO4.C3H2NO.Y/c1-11-12(2)16(10-21)19(3)8-14(11)13-6-17(22-4)15(9-20)18(7-13)23-5;4-2-1-3-5;/h6-8H,1-5H3;1H2;/q2*-1;. The van der Waals surface area contributed by atoms with Crippen LogP contribution in [0.25, 0.3) is 5.57 Å². The predicted octanol–water partition coefficient (Wildman–Crippen LogP) is 2.51. The molecule has 0 spiro atoms. The van der Waals surface area contributed by atoms with Gasteiger partial charge in [0.25, 0.3) is 0 Å². The predicted molar refractivity (Wildman–Crippen MR) is 104 cm³/mol. The van der Waals surface area contributed by atoms with Gasteiger partial charge in [-0.05, 0) is 36.1 Å².